The Labute approximate surface area is 95.4 Å². The number of nitrogens with two attached hydrogens (primary N) is 1. The molecule has 15 heavy (non-hydrogen) atoms. The van der Waals surface area contributed by atoms with Crippen molar-refractivity contribution >= 4 is 0 Å². The third-order valence-corrected chi connectivity index (χ3v) is 2.90. The molecule has 0 radical (unpaired) electrons. The SMILES string of the molecule is C=C(N)CC(C(=C)C(C)(C)C)C(C)(C)C. The molecule has 1 nitrogen and oxygen atoms in total. The van der Waals surface area contributed by atoms with Crippen molar-refractivity contribution in [2.24, 2.45) is 22.5 Å². The first-order valence-corrected chi connectivity index (χ1v) is 5.58. The molecule has 1 heteroatoms. The van der Waals surface area contributed by atoms with E-state index >= 15 is 0 Å². The van der Waals surface area contributed by atoms with E-state index in [0.717, 1.165) is 12.1 Å². The highest BCUT2D eigenvalue weighted by atomic mass is 14.6. The maximum atomic E-state index is 5.74. The minimum absolute atomic E-state index is 0.132. The molecular weight excluding hydrogens is 182 g/mol. The molecule has 0 bridgehead atoms. The van der Waals surface area contributed by atoms with E-state index in [0.29, 0.717) is 5.92 Å². The zero-order valence-corrected chi connectivity index (χ0v) is 11.3. The largest absolute Gasteiger partial charge is 0.402 e. The summed E-state index contributed by atoms with van der Waals surface area (Å²) in [7, 11) is 0. The lowest BCUT2D eigenvalue weighted by Gasteiger charge is -2.38. The Morgan fingerprint density at radius 1 is 1.07 bits per heavy atom. The fourth-order valence-corrected chi connectivity index (χ4v) is 1.74. The third kappa shape index (κ3) is 4.55. The molecule has 0 aromatic rings. The first-order chi connectivity index (χ1) is 6.46. The number of hydrogen-bond donors (Lipinski definition) is 1. The van der Waals surface area contributed by atoms with Gasteiger partial charge in [-0.2, -0.15) is 0 Å². The van der Waals surface area contributed by atoms with Crippen LogP contribution in [0, 0.1) is 16.7 Å². The topological polar surface area (TPSA) is 26.0 Å². The molecule has 0 aromatic carbocycles. The van der Waals surface area contributed by atoms with Gasteiger partial charge in [0.1, 0.15) is 0 Å². The van der Waals surface area contributed by atoms with Crippen molar-refractivity contribution in [2.45, 2.75) is 48.0 Å². The van der Waals surface area contributed by atoms with Gasteiger partial charge in [-0.05, 0) is 23.2 Å². The lowest BCUT2D eigenvalue weighted by molar-refractivity contribution is 0.241. The third-order valence-electron chi connectivity index (χ3n) is 2.90. The highest BCUT2D eigenvalue weighted by molar-refractivity contribution is 5.15. The minimum Gasteiger partial charge on any atom is -0.402 e. The van der Waals surface area contributed by atoms with Crippen molar-refractivity contribution in [1.29, 1.82) is 0 Å². The highest BCUT2D eigenvalue weighted by Gasteiger charge is 2.32. The monoisotopic (exact) mass is 209 g/mol. The van der Waals surface area contributed by atoms with Gasteiger partial charge in [0.05, 0.1) is 0 Å². The molecule has 0 aliphatic rings. The second kappa shape index (κ2) is 4.42. The molecule has 0 fully saturated rings. The van der Waals surface area contributed by atoms with E-state index in [4.69, 9.17) is 5.73 Å². The maximum Gasteiger partial charge on any atom is 0.00137 e. The fraction of sp³-hybridized carbons (Fsp3) is 0.714. The predicted molar refractivity (Wildman–Crippen MR) is 69.5 cm³/mol. The fourth-order valence-electron chi connectivity index (χ4n) is 1.74. The van der Waals surface area contributed by atoms with Crippen LogP contribution in [0.1, 0.15) is 48.0 Å². The lowest BCUT2D eigenvalue weighted by atomic mass is 9.67. The van der Waals surface area contributed by atoms with Gasteiger partial charge in [-0.1, -0.05) is 60.3 Å². The van der Waals surface area contributed by atoms with E-state index in [9.17, 15) is 0 Å². The van der Waals surface area contributed by atoms with Crippen LogP contribution in [-0.2, 0) is 0 Å². The van der Waals surface area contributed by atoms with Crippen LogP contribution in [0.5, 0.6) is 0 Å². The molecule has 0 saturated carbocycles. The van der Waals surface area contributed by atoms with Gasteiger partial charge in [0.25, 0.3) is 0 Å². The molecule has 1 atom stereocenters. The summed E-state index contributed by atoms with van der Waals surface area (Å²) in [5, 5.41) is 0. The van der Waals surface area contributed by atoms with E-state index in [1.165, 1.54) is 5.57 Å². The van der Waals surface area contributed by atoms with Crippen LogP contribution in [-0.4, -0.2) is 0 Å². The summed E-state index contributed by atoms with van der Waals surface area (Å²) in [4.78, 5) is 0. The van der Waals surface area contributed by atoms with E-state index in [-0.39, 0.29) is 10.8 Å². The van der Waals surface area contributed by atoms with Crippen LogP contribution < -0.4 is 5.73 Å². The molecule has 0 rings (SSSR count). The quantitative estimate of drug-likeness (QED) is 0.695. The predicted octanol–water partition coefficient (Wildman–Crippen LogP) is 4.11. The second-order valence-electron chi connectivity index (χ2n) is 6.56. The highest BCUT2D eigenvalue weighted by Crippen LogP contribution is 2.42. The summed E-state index contributed by atoms with van der Waals surface area (Å²) in [6.07, 6.45) is 0.833. The van der Waals surface area contributed by atoms with Crippen molar-refractivity contribution in [3.05, 3.63) is 24.4 Å². The second-order valence-corrected chi connectivity index (χ2v) is 6.56. The average molecular weight is 209 g/mol. The standard InChI is InChI=1S/C14H27N/c1-10(15)9-12(14(6,7)8)11(2)13(3,4)5/h12H,1-2,9,15H2,3-8H3. The van der Waals surface area contributed by atoms with E-state index in [1.807, 2.05) is 0 Å². The van der Waals surface area contributed by atoms with Gasteiger partial charge in [0.2, 0.25) is 0 Å². The Balaban J connectivity index is 4.97. The summed E-state index contributed by atoms with van der Waals surface area (Å²) in [6.45, 7) is 21.4. The van der Waals surface area contributed by atoms with Crippen molar-refractivity contribution in [3.8, 4) is 0 Å². The molecule has 0 aromatic heterocycles. The number of allylic oxidation sites excluding steroid dienone is 2. The Bertz CT molecular complexity index is 247. The summed E-state index contributed by atoms with van der Waals surface area (Å²) in [5.74, 6) is 0.398. The number of hydrogen-bond acceptors (Lipinski definition) is 1. The molecule has 0 aliphatic heterocycles. The molecule has 0 saturated heterocycles. The molecule has 0 aliphatic carbocycles. The van der Waals surface area contributed by atoms with Crippen LogP contribution in [0.3, 0.4) is 0 Å². The average Bonchev–Trinajstić information content (AvgIpc) is 1.94. The Kier molecular flexibility index (Phi) is 4.21. The molecule has 0 amide bonds. The molecule has 0 spiro atoms. The first kappa shape index (κ1) is 14.3. The summed E-state index contributed by atoms with van der Waals surface area (Å²) in [5.41, 5.74) is 8.07. The van der Waals surface area contributed by atoms with Gasteiger partial charge >= 0.3 is 0 Å². The van der Waals surface area contributed by atoms with Crippen molar-refractivity contribution in [1.82, 2.24) is 0 Å². The first-order valence-electron chi connectivity index (χ1n) is 5.58. The minimum atomic E-state index is 0.132. The zero-order chi connectivity index (χ0) is 12.4. The van der Waals surface area contributed by atoms with Crippen LogP contribution in [0.25, 0.3) is 0 Å². The smallest absolute Gasteiger partial charge is 0.00137 e. The summed E-state index contributed by atoms with van der Waals surface area (Å²) in [6, 6.07) is 0. The maximum absolute atomic E-state index is 5.74. The number of rotatable bonds is 3. The van der Waals surface area contributed by atoms with Gasteiger partial charge < -0.3 is 5.73 Å². The molecular formula is C14H27N. The van der Waals surface area contributed by atoms with E-state index in [1.54, 1.807) is 0 Å². The Hall–Kier alpha value is -0.720. The van der Waals surface area contributed by atoms with Crippen LogP contribution in [0.15, 0.2) is 24.4 Å². The molecule has 2 N–H and O–H groups in total. The molecule has 0 heterocycles. The van der Waals surface area contributed by atoms with Crippen molar-refractivity contribution in [3.63, 3.8) is 0 Å². The summed E-state index contributed by atoms with van der Waals surface area (Å²) < 4.78 is 0. The lowest BCUT2D eigenvalue weighted by Crippen LogP contribution is -2.29. The van der Waals surface area contributed by atoms with Gasteiger partial charge in [-0.15, -0.1) is 0 Å². The van der Waals surface area contributed by atoms with E-state index in [2.05, 4.69) is 54.7 Å². The van der Waals surface area contributed by atoms with Gasteiger partial charge in [-0.25, -0.2) is 0 Å². The van der Waals surface area contributed by atoms with Gasteiger partial charge in [0.15, 0.2) is 0 Å². The Morgan fingerprint density at radius 3 is 1.67 bits per heavy atom. The van der Waals surface area contributed by atoms with Crippen LogP contribution in [0.2, 0.25) is 0 Å². The van der Waals surface area contributed by atoms with Crippen LogP contribution in [0.4, 0.5) is 0 Å². The van der Waals surface area contributed by atoms with Crippen molar-refractivity contribution in [2.75, 3.05) is 0 Å². The van der Waals surface area contributed by atoms with Gasteiger partial charge in [0, 0.05) is 5.70 Å². The Morgan fingerprint density at radius 2 is 1.47 bits per heavy atom. The molecule has 88 valence electrons. The summed E-state index contributed by atoms with van der Waals surface area (Å²) >= 11 is 0. The van der Waals surface area contributed by atoms with Crippen LogP contribution >= 0.6 is 0 Å². The van der Waals surface area contributed by atoms with E-state index < -0.39 is 0 Å². The normalized spacial score (nSPS) is 14.8. The zero-order valence-electron chi connectivity index (χ0n) is 11.3. The van der Waals surface area contributed by atoms with Gasteiger partial charge in [-0.3, -0.25) is 0 Å². The molecule has 1 unspecified atom stereocenters. The van der Waals surface area contributed by atoms with Crippen molar-refractivity contribution < 1.29 is 0 Å².